The highest BCUT2D eigenvalue weighted by Crippen LogP contribution is 2.30. The van der Waals surface area contributed by atoms with Crippen molar-refractivity contribution in [3.63, 3.8) is 0 Å². The van der Waals surface area contributed by atoms with Crippen LogP contribution in [-0.2, 0) is 9.53 Å². The number of aromatic amines is 1. The SMILES string of the molecule is O=C(O)CNc1nc2c(ncn2[C@H]2CC(O)[C@@H](CO)O2)c(=O)[nH]1. The summed E-state index contributed by atoms with van der Waals surface area (Å²) in [6, 6.07) is 0. The van der Waals surface area contributed by atoms with E-state index in [4.69, 9.17) is 14.9 Å². The number of aromatic nitrogens is 4. The lowest BCUT2D eigenvalue weighted by molar-refractivity contribution is -0.134. The molecular weight excluding hydrogens is 310 g/mol. The molecule has 0 bridgehead atoms. The average molecular weight is 325 g/mol. The number of anilines is 1. The summed E-state index contributed by atoms with van der Waals surface area (Å²) in [4.78, 5) is 33.0. The van der Waals surface area contributed by atoms with Gasteiger partial charge in [0.1, 0.15) is 18.9 Å². The number of ether oxygens (including phenoxy) is 1. The van der Waals surface area contributed by atoms with Crippen LogP contribution in [0, 0.1) is 0 Å². The molecule has 3 rings (SSSR count). The summed E-state index contributed by atoms with van der Waals surface area (Å²) in [5.74, 6) is -1.11. The Balaban J connectivity index is 1.95. The number of imidazole rings is 1. The van der Waals surface area contributed by atoms with Crippen LogP contribution in [-0.4, -0.2) is 66.2 Å². The maximum Gasteiger partial charge on any atom is 0.322 e. The average Bonchev–Trinajstić information content (AvgIpc) is 3.08. The molecule has 3 heterocycles. The number of hydrogen-bond acceptors (Lipinski definition) is 8. The number of fused-ring (bicyclic) bond motifs is 1. The van der Waals surface area contributed by atoms with Gasteiger partial charge in [-0.15, -0.1) is 0 Å². The van der Waals surface area contributed by atoms with E-state index in [0.717, 1.165) is 0 Å². The van der Waals surface area contributed by atoms with Gasteiger partial charge in [0.15, 0.2) is 11.2 Å². The Morgan fingerprint density at radius 1 is 1.57 bits per heavy atom. The summed E-state index contributed by atoms with van der Waals surface area (Å²) in [5, 5.41) is 30.1. The molecular formula is C12H15N5O6. The third kappa shape index (κ3) is 2.88. The number of aliphatic carboxylic acids is 1. The van der Waals surface area contributed by atoms with Gasteiger partial charge in [-0.1, -0.05) is 0 Å². The molecule has 23 heavy (non-hydrogen) atoms. The second-order valence-corrected chi connectivity index (χ2v) is 5.10. The van der Waals surface area contributed by atoms with Crippen molar-refractivity contribution in [2.24, 2.45) is 0 Å². The van der Waals surface area contributed by atoms with E-state index in [1.165, 1.54) is 10.9 Å². The number of nitrogens with zero attached hydrogens (tertiary/aromatic N) is 3. The molecule has 1 fully saturated rings. The van der Waals surface area contributed by atoms with Crippen LogP contribution in [0.5, 0.6) is 0 Å². The highest BCUT2D eigenvalue weighted by atomic mass is 16.5. The summed E-state index contributed by atoms with van der Waals surface area (Å²) in [6.45, 7) is -0.739. The van der Waals surface area contributed by atoms with Gasteiger partial charge < -0.3 is 25.4 Å². The first-order valence-electron chi connectivity index (χ1n) is 6.86. The normalized spacial score (nSPS) is 24.2. The minimum atomic E-state index is -1.10. The van der Waals surface area contributed by atoms with E-state index in [1.807, 2.05) is 0 Å². The van der Waals surface area contributed by atoms with Crippen molar-refractivity contribution in [1.29, 1.82) is 0 Å². The molecule has 5 N–H and O–H groups in total. The summed E-state index contributed by atoms with van der Waals surface area (Å²) in [7, 11) is 0. The van der Waals surface area contributed by atoms with Crippen molar-refractivity contribution in [3.8, 4) is 0 Å². The van der Waals surface area contributed by atoms with Gasteiger partial charge in [0.2, 0.25) is 5.95 Å². The number of aliphatic hydroxyl groups is 2. The zero-order chi connectivity index (χ0) is 16.6. The third-order valence-corrected chi connectivity index (χ3v) is 3.53. The Hall–Kier alpha value is -2.50. The van der Waals surface area contributed by atoms with Crippen LogP contribution < -0.4 is 10.9 Å². The number of carbonyl (C=O) groups is 1. The Morgan fingerprint density at radius 3 is 3.00 bits per heavy atom. The van der Waals surface area contributed by atoms with E-state index in [0.29, 0.717) is 0 Å². The van der Waals surface area contributed by atoms with Crippen LogP contribution in [0.4, 0.5) is 5.95 Å². The van der Waals surface area contributed by atoms with Gasteiger partial charge in [-0.3, -0.25) is 19.1 Å². The third-order valence-electron chi connectivity index (χ3n) is 3.53. The first-order valence-corrected chi connectivity index (χ1v) is 6.86. The van der Waals surface area contributed by atoms with Gasteiger partial charge in [-0.25, -0.2) is 4.98 Å². The van der Waals surface area contributed by atoms with E-state index in [2.05, 4.69) is 20.3 Å². The summed E-state index contributed by atoms with van der Waals surface area (Å²) < 4.78 is 6.98. The van der Waals surface area contributed by atoms with Crippen molar-refractivity contribution in [3.05, 3.63) is 16.7 Å². The van der Waals surface area contributed by atoms with E-state index >= 15 is 0 Å². The summed E-state index contributed by atoms with van der Waals surface area (Å²) in [6.07, 6.45) is -0.625. The molecule has 3 atom stereocenters. The molecule has 0 aliphatic carbocycles. The molecule has 124 valence electrons. The molecule has 2 aromatic heterocycles. The van der Waals surface area contributed by atoms with E-state index < -0.39 is 36.5 Å². The van der Waals surface area contributed by atoms with Crippen molar-refractivity contribution < 1.29 is 24.9 Å². The summed E-state index contributed by atoms with van der Waals surface area (Å²) >= 11 is 0. The second-order valence-electron chi connectivity index (χ2n) is 5.10. The van der Waals surface area contributed by atoms with Crippen LogP contribution in [0.3, 0.4) is 0 Å². The monoisotopic (exact) mass is 325 g/mol. The highest BCUT2D eigenvalue weighted by Gasteiger charge is 2.35. The number of hydrogen-bond donors (Lipinski definition) is 5. The van der Waals surface area contributed by atoms with E-state index in [9.17, 15) is 14.7 Å². The number of rotatable bonds is 5. The lowest BCUT2D eigenvalue weighted by atomic mass is 10.2. The predicted octanol–water partition coefficient (Wildman–Crippen LogP) is -1.74. The lowest BCUT2D eigenvalue weighted by Crippen LogP contribution is -2.24. The smallest absolute Gasteiger partial charge is 0.322 e. The van der Waals surface area contributed by atoms with Crippen molar-refractivity contribution in [2.75, 3.05) is 18.5 Å². The van der Waals surface area contributed by atoms with Crippen LogP contribution in [0.15, 0.2) is 11.1 Å². The second kappa shape index (κ2) is 5.95. The molecule has 11 nitrogen and oxygen atoms in total. The molecule has 0 radical (unpaired) electrons. The first-order chi connectivity index (χ1) is 11.0. The molecule has 0 amide bonds. The number of H-pyrrole nitrogens is 1. The van der Waals surface area contributed by atoms with Crippen molar-refractivity contribution in [2.45, 2.75) is 24.9 Å². The van der Waals surface area contributed by atoms with Crippen LogP contribution >= 0.6 is 0 Å². The number of aliphatic hydroxyl groups excluding tert-OH is 2. The Kier molecular flexibility index (Phi) is 3.98. The van der Waals surface area contributed by atoms with Gasteiger partial charge in [0.25, 0.3) is 5.56 Å². The van der Waals surface area contributed by atoms with Gasteiger partial charge >= 0.3 is 5.97 Å². The van der Waals surface area contributed by atoms with E-state index in [1.54, 1.807) is 0 Å². The molecule has 2 aromatic rings. The van der Waals surface area contributed by atoms with Gasteiger partial charge in [0.05, 0.1) is 19.0 Å². The first kappa shape index (κ1) is 15.4. The minimum absolute atomic E-state index is 0.0103. The minimum Gasteiger partial charge on any atom is -0.480 e. The number of nitrogens with one attached hydrogen (secondary N) is 2. The molecule has 1 saturated heterocycles. The standard InChI is InChI=1S/C12H15N5O6/c18-3-6-5(19)1-7(23-6)17-4-14-9-10(17)15-12(16-11(9)22)13-2-8(20)21/h4-7,18-19H,1-3H2,(H,20,21)(H2,13,15,16,22)/t5?,6-,7-/m1/s1. The molecule has 0 aromatic carbocycles. The Labute approximate surface area is 128 Å². The van der Waals surface area contributed by atoms with E-state index in [-0.39, 0.29) is 30.1 Å². The molecule has 11 heteroatoms. The lowest BCUT2D eigenvalue weighted by Gasteiger charge is -2.13. The van der Waals surface area contributed by atoms with Gasteiger partial charge in [0, 0.05) is 6.42 Å². The van der Waals surface area contributed by atoms with Gasteiger partial charge in [-0.2, -0.15) is 4.98 Å². The fraction of sp³-hybridized carbons (Fsp3) is 0.500. The largest absolute Gasteiger partial charge is 0.480 e. The van der Waals surface area contributed by atoms with Crippen molar-refractivity contribution >= 4 is 23.1 Å². The topological polar surface area (TPSA) is 163 Å². The number of carboxylic acids is 1. The molecule has 0 saturated carbocycles. The predicted molar refractivity (Wildman–Crippen MR) is 75.9 cm³/mol. The fourth-order valence-corrected chi connectivity index (χ4v) is 2.43. The maximum absolute atomic E-state index is 12.0. The molecule has 1 unspecified atom stereocenters. The molecule has 1 aliphatic heterocycles. The Bertz CT molecular complexity index is 786. The van der Waals surface area contributed by atoms with Crippen LogP contribution in [0.25, 0.3) is 11.2 Å². The summed E-state index contributed by atoms with van der Waals surface area (Å²) in [5.41, 5.74) is -0.271. The Morgan fingerprint density at radius 2 is 2.35 bits per heavy atom. The molecule has 1 aliphatic rings. The van der Waals surface area contributed by atoms with Crippen LogP contribution in [0.2, 0.25) is 0 Å². The zero-order valence-electron chi connectivity index (χ0n) is 11.8. The quantitative estimate of drug-likeness (QED) is 0.429. The highest BCUT2D eigenvalue weighted by molar-refractivity contribution is 5.74. The van der Waals surface area contributed by atoms with Crippen molar-refractivity contribution in [1.82, 2.24) is 19.5 Å². The van der Waals surface area contributed by atoms with Crippen LogP contribution in [0.1, 0.15) is 12.6 Å². The van der Waals surface area contributed by atoms with Gasteiger partial charge in [-0.05, 0) is 0 Å². The zero-order valence-corrected chi connectivity index (χ0v) is 11.8. The number of carboxylic acid groups (broad SMARTS) is 1. The molecule has 0 spiro atoms. The maximum atomic E-state index is 12.0. The fourth-order valence-electron chi connectivity index (χ4n) is 2.43.